The van der Waals surface area contributed by atoms with Crippen LogP contribution >= 0.6 is 0 Å². The minimum Gasteiger partial charge on any atom is -0.431 e. The number of rotatable bonds is 5. The number of carbonyl (C=O) groups is 1. The summed E-state index contributed by atoms with van der Waals surface area (Å²) < 4.78 is 5.22. The molecular weight excluding hydrogens is 478 g/mol. The van der Waals surface area contributed by atoms with Crippen molar-refractivity contribution in [1.29, 1.82) is 0 Å². The SMILES string of the molecule is C[C@]12CC[C@H](NC(=O)NCCN3CCCC3)C=C1CC[C@@H]1[C@@H]2CC[C@]2(C)[C@@H](c3ccc(=O)oc3)CC[C@]12O. The first-order valence-corrected chi connectivity index (χ1v) is 15.0. The van der Waals surface area contributed by atoms with Crippen LogP contribution in [0.1, 0.15) is 89.5 Å². The van der Waals surface area contributed by atoms with Crippen molar-refractivity contribution in [2.45, 2.75) is 95.6 Å². The maximum absolute atomic E-state index is 12.6. The van der Waals surface area contributed by atoms with E-state index in [0.29, 0.717) is 12.5 Å². The largest absolute Gasteiger partial charge is 0.431 e. The van der Waals surface area contributed by atoms with Gasteiger partial charge in [0.2, 0.25) is 0 Å². The Balaban J connectivity index is 1.13. The van der Waals surface area contributed by atoms with Crippen LogP contribution in [0.3, 0.4) is 0 Å². The van der Waals surface area contributed by atoms with Crippen molar-refractivity contribution in [2.24, 2.45) is 22.7 Å². The predicted molar refractivity (Wildman–Crippen MR) is 147 cm³/mol. The average Bonchev–Trinajstić information content (AvgIpc) is 3.51. The highest BCUT2D eigenvalue weighted by atomic mass is 16.4. The molecule has 0 spiro atoms. The Morgan fingerprint density at radius 2 is 1.89 bits per heavy atom. The Morgan fingerprint density at radius 1 is 1.08 bits per heavy atom. The Labute approximate surface area is 226 Å². The van der Waals surface area contributed by atoms with Gasteiger partial charge in [0, 0.05) is 30.6 Å². The predicted octanol–water partition coefficient (Wildman–Crippen LogP) is 4.56. The first kappa shape index (κ1) is 26.1. The minimum atomic E-state index is -0.699. The van der Waals surface area contributed by atoms with Crippen LogP contribution in [0.5, 0.6) is 0 Å². The summed E-state index contributed by atoms with van der Waals surface area (Å²) in [6.45, 7) is 8.64. The zero-order valence-corrected chi connectivity index (χ0v) is 23.1. The van der Waals surface area contributed by atoms with E-state index in [1.165, 1.54) is 24.5 Å². The molecule has 4 fully saturated rings. The highest BCUT2D eigenvalue weighted by Crippen LogP contribution is 2.70. The van der Waals surface area contributed by atoms with E-state index in [9.17, 15) is 14.7 Å². The highest BCUT2D eigenvalue weighted by molar-refractivity contribution is 5.74. The second kappa shape index (κ2) is 9.81. The number of fused-ring (bicyclic) bond motifs is 5. The third-order valence-electron chi connectivity index (χ3n) is 11.7. The third-order valence-corrected chi connectivity index (χ3v) is 11.7. The third kappa shape index (κ3) is 4.25. The number of nitrogens with zero attached hydrogens (tertiary/aromatic N) is 1. The fourth-order valence-corrected chi connectivity index (χ4v) is 9.47. The lowest BCUT2D eigenvalue weighted by Crippen LogP contribution is -2.60. The van der Waals surface area contributed by atoms with E-state index < -0.39 is 5.60 Å². The molecule has 0 aromatic carbocycles. The van der Waals surface area contributed by atoms with Crippen LogP contribution in [0.15, 0.2) is 39.3 Å². The van der Waals surface area contributed by atoms with Gasteiger partial charge in [-0.1, -0.05) is 25.5 Å². The van der Waals surface area contributed by atoms with Gasteiger partial charge in [-0.25, -0.2) is 9.59 Å². The van der Waals surface area contributed by atoms with E-state index in [1.54, 1.807) is 6.26 Å². The van der Waals surface area contributed by atoms with Gasteiger partial charge < -0.3 is 25.1 Å². The highest BCUT2D eigenvalue weighted by Gasteiger charge is 2.66. The van der Waals surface area contributed by atoms with Crippen LogP contribution in [0.4, 0.5) is 4.79 Å². The van der Waals surface area contributed by atoms with Gasteiger partial charge in [-0.05, 0) is 112 Å². The number of nitrogens with one attached hydrogen (secondary N) is 2. The standard InChI is InChI=1S/C31H45N3O4/c1-29-12-9-23(33-28(36)32-15-18-34-16-3-4-17-34)19-22(29)6-7-26-25(29)10-13-30(2)24(11-14-31(26,30)37)21-5-8-27(35)38-20-21/h5,8,19-20,23-26,37H,3-4,6-7,9-18H2,1-2H3,(H2,32,33,36)/t23-,24+,25-,26+,29-,30+,31-/m0/s1. The number of carbonyl (C=O) groups excluding carboxylic acids is 1. The molecule has 1 aromatic heterocycles. The first-order chi connectivity index (χ1) is 18.2. The molecule has 7 nitrogen and oxygen atoms in total. The molecule has 2 heterocycles. The summed E-state index contributed by atoms with van der Waals surface area (Å²) in [5.74, 6) is 0.956. The smallest absolute Gasteiger partial charge is 0.335 e. The number of urea groups is 1. The number of allylic oxidation sites excluding steroid dienone is 1. The molecule has 0 bridgehead atoms. The molecule has 0 unspecified atom stereocenters. The van der Waals surface area contributed by atoms with Crippen LogP contribution in [0.2, 0.25) is 0 Å². The van der Waals surface area contributed by atoms with Gasteiger partial charge in [-0.2, -0.15) is 0 Å². The minimum absolute atomic E-state index is 0.0557. The van der Waals surface area contributed by atoms with Crippen molar-refractivity contribution in [1.82, 2.24) is 15.5 Å². The second-order valence-corrected chi connectivity index (χ2v) is 13.3. The Morgan fingerprint density at radius 3 is 2.66 bits per heavy atom. The molecule has 6 rings (SSSR count). The van der Waals surface area contributed by atoms with E-state index in [-0.39, 0.29) is 40.4 Å². The normalized spacial score (nSPS) is 40.6. The lowest BCUT2D eigenvalue weighted by atomic mass is 9.45. The Kier molecular flexibility index (Phi) is 6.74. The van der Waals surface area contributed by atoms with E-state index in [4.69, 9.17) is 4.42 Å². The van der Waals surface area contributed by atoms with E-state index >= 15 is 0 Å². The van der Waals surface area contributed by atoms with Gasteiger partial charge in [0.25, 0.3) is 0 Å². The summed E-state index contributed by atoms with van der Waals surface area (Å²) in [7, 11) is 0. The van der Waals surface area contributed by atoms with Crippen LogP contribution < -0.4 is 16.3 Å². The molecule has 0 radical (unpaired) electrons. The van der Waals surface area contributed by atoms with Gasteiger partial charge >= 0.3 is 11.7 Å². The molecule has 1 aromatic rings. The molecule has 3 saturated carbocycles. The number of amides is 2. The van der Waals surface area contributed by atoms with Crippen molar-refractivity contribution in [3.8, 4) is 0 Å². The van der Waals surface area contributed by atoms with Crippen LogP contribution in [-0.4, -0.2) is 53.9 Å². The summed E-state index contributed by atoms with van der Waals surface area (Å²) in [5, 5.41) is 18.7. The maximum atomic E-state index is 12.6. The summed E-state index contributed by atoms with van der Waals surface area (Å²) in [6, 6.07) is 3.45. The molecule has 1 saturated heterocycles. The van der Waals surface area contributed by atoms with E-state index in [1.807, 2.05) is 6.07 Å². The lowest BCUT2D eigenvalue weighted by molar-refractivity contribution is -0.177. The number of hydrogen-bond donors (Lipinski definition) is 3. The zero-order valence-electron chi connectivity index (χ0n) is 23.1. The average molecular weight is 524 g/mol. The summed E-state index contributed by atoms with van der Waals surface area (Å²) in [5.41, 5.74) is 1.39. The molecule has 7 atom stereocenters. The molecule has 1 aliphatic heterocycles. The molecule has 38 heavy (non-hydrogen) atoms. The van der Waals surface area contributed by atoms with Gasteiger partial charge in [0.05, 0.1) is 11.9 Å². The summed E-state index contributed by atoms with van der Waals surface area (Å²) in [4.78, 5) is 26.6. The number of likely N-dealkylation sites (tertiary alicyclic amines) is 1. The van der Waals surface area contributed by atoms with Crippen molar-refractivity contribution < 1.29 is 14.3 Å². The van der Waals surface area contributed by atoms with Crippen molar-refractivity contribution in [2.75, 3.05) is 26.2 Å². The number of hydrogen-bond acceptors (Lipinski definition) is 5. The fourth-order valence-electron chi connectivity index (χ4n) is 9.47. The van der Waals surface area contributed by atoms with Crippen molar-refractivity contribution in [3.05, 3.63) is 46.0 Å². The van der Waals surface area contributed by atoms with Gasteiger partial charge in [-0.15, -0.1) is 0 Å². The molecule has 208 valence electrons. The molecular formula is C31H45N3O4. The molecule has 3 N–H and O–H groups in total. The van der Waals surface area contributed by atoms with E-state index in [0.717, 1.165) is 76.6 Å². The lowest BCUT2D eigenvalue weighted by Gasteiger charge is -2.62. The quantitative estimate of drug-likeness (QED) is 0.492. The topological polar surface area (TPSA) is 94.8 Å². The van der Waals surface area contributed by atoms with E-state index in [2.05, 4.69) is 35.5 Å². The summed E-state index contributed by atoms with van der Waals surface area (Å²) in [6.07, 6.45) is 14.4. The first-order valence-electron chi connectivity index (χ1n) is 15.0. The van der Waals surface area contributed by atoms with Gasteiger partial charge in [0.1, 0.15) is 0 Å². The Bertz CT molecular complexity index is 1120. The molecule has 2 amide bonds. The molecule has 5 aliphatic rings. The second-order valence-electron chi connectivity index (χ2n) is 13.3. The molecule has 4 aliphatic carbocycles. The van der Waals surface area contributed by atoms with Crippen LogP contribution in [0.25, 0.3) is 0 Å². The van der Waals surface area contributed by atoms with Crippen molar-refractivity contribution >= 4 is 6.03 Å². The zero-order chi connectivity index (χ0) is 26.5. The number of aliphatic hydroxyl groups is 1. The fraction of sp³-hybridized carbons (Fsp3) is 0.742. The van der Waals surface area contributed by atoms with Gasteiger partial charge in [-0.3, -0.25) is 0 Å². The van der Waals surface area contributed by atoms with Gasteiger partial charge in [0.15, 0.2) is 0 Å². The van der Waals surface area contributed by atoms with Crippen molar-refractivity contribution in [3.63, 3.8) is 0 Å². The van der Waals surface area contributed by atoms with Crippen LogP contribution in [0, 0.1) is 22.7 Å². The summed E-state index contributed by atoms with van der Waals surface area (Å²) >= 11 is 0. The monoisotopic (exact) mass is 523 g/mol. The Hall–Kier alpha value is -2.12. The molecule has 7 heteroatoms. The maximum Gasteiger partial charge on any atom is 0.335 e. The van der Waals surface area contributed by atoms with Crippen LogP contribution in [-0.2, 0) is 0 Å².